The van der Waals surface area contributed by atoms with Gasteiger partial charge in [-0.05, 0) is 13.8 Å². The maximum absolute atomic E-state index is 10.0. The third kappa shape index (κ3) is 9.78. The minimum absolute atomic E-state index is 0. The Morgan fingerprint density at radius 2 is 1.50 bits per heavy atom. The van der Waals surface area contributed by atoms with E-state index in [4.69, 9.17) is 0 Å². The fraction of sp³-hybridized carbons (Fsp3) is 0.600. The van der Waals surface area contributed by atoms with Crippen LogP contribution in [0.5, 0.6) is 0 Å². The fourth-order valence-corrected chi connectivity index (χ4v) is 0.351. The summed E-state index contributed by atoms with van der Waals surface area (Å²) < 4.78 is 0. The third-order valence-electron chi connectivity index (χ3n) is 0.498. The molecule has 44 valence electrons. The smallest absolute Gasteiger partial charge is 1.00 e. The Bertz CT molecular complexity index is 93.8. The van der Waals surface area contributed by atoms with Gasteiger partial charge in [-0.1, -0.05) is 0 Å². The summed E-state index contributed by atoms with van der Waals surface area (Å²) in [5.41, 5.74) is 0. The molecule has 0 N–H and O–H groups in total. The van der Waals surface area contributed by atoms with Crippen molar-refractivity contribution >= 4 is 49.3 Å². The van der Waals surface area contributed by atoms with Gasteiger partial charge in [-0.3, -0.25) is 9.59 Å². The summed E-state index contributed by atoms with van der Waals surface area (Å²) in [6, 6.07) is 0. The molecule has 8 heavy (non-hydrogen) atoms. The van der Waals surface area contributed by atoms with Gasteiger partial charge in [0.05, 0.1) is 6.42 Å². The molecule has 0 aromatic carbocycles. The maximum atomic E-state index is 10.0. The predicted molar refractivity (Wildman–Crippen MR) is 34.0 cm³/mol. The van der Waals surface area contributed by atoms with Crippen molar-refractivity contribution in [3.8, 4) is 0 Å². The SMILES string of the molecule is CC(=O)CC(C)=O.[Ca+2].[H-].[H-]. The Morgan fingerprint density at radius 1 is 1.25 bits per heavy atom. The van der Waals surface area contributed by atoms with Crippen LogP contribution in [0.2, 0.25) is 0 Å². The van der Waals surface area contributed by atoms with E-state index in [0.29, 0.717) is 0 Å². The minimum atomic E-state index is -0.0625. The first kappa shape index (κ1) is 11.4. The average molecular weight is 142 g/mol. The monoisotopic (exact) mass is 142 g/mol. The molecular weight excluding hydrogens is 132 g/mol. The largest absolute Gasteiger partial charge is 2.00 e. The summed E-state index contributed by atoms with van der Waals surface area (Å²) in [6.07, 6.45) is 0.0833. The molecule has 0 amide bonds. The molecule has 0 aliphatic heterocycles. The topological polar surface area (TPSA) is 34.1 Å². The van der Waals surface area contributed by atoms with E-state index >= 15 is 0 Å². The number of hydrogen-bond donors (Lipinski definition) is 0. The van der Waals surface area contributed by atoms with Crippen LogP contribution in [0.1, 0.15) is 23.1 Å². The van der Waals surface area contributed by atoms with Gasteiger partial charge in [0.15, 0.2) is 0 Å². The first-order chi connectivity index (χ1) is 3.13. The molecule has 0 saturated carbocycles. The Hall–Kier alpha value is 0.600. The predicted octanol–water partition coefficient (Wildman–Crippen LogP) is 0.399. The van der Waals surface area contributed by atoms with E-state index in [1.807, 2.05) is 0 Å². The standard InChI is InChI=1S/C5H8O2.Ca.2H/c1-4(6)3-5(2)7;;;/h3H2,1-2H3;;;/q;+2;2*-1. The molecule has 0 bridgehead atoms. The van der Waals surface area contributed by atoms with E-state index in [1.54, 1.807) is 0 Å². The maximum Gasteiger partial charge on any atom is 2.00 e. The molecule has 0 aromatic heterocycles. The Labute approximate surface area is 81.6 Å². The molecule has 0 unspecified atom stereocenters. The first-order valence-corrected chi connectivity index (χ1v) is 2.12. The van der Waals surface area contributed by atoms with Crippen LogP contribution in [-0.2, 0) is 9.59 Å². The van der Waals surface area contributed by atoms with E-state index in [9.17, 15) is 9.59 Å². The van der Waals surface area contributed by atoms with Crippen LogP contribution >= 0.6 is 0 Å². The van der Waals surface area contributed by atoms with Gasteiger partial charge < -0.3 is 2.85 Å². The van der Waals surface area contributed by atoms with Gasteiger partial charge >= 0.3 is 37.7 Å². The van der Waals surface area contributed by atoms with Gasteiger partial charge in [0, 0.05) is 0 Å². The van der Waals surface area contributed by atoms with E-state index in [0.717, 1.165) is 0 Å². The molecule has 0 rings (SSSR count). The molecule has 3 heteroatoms. The van der Waals surface area contributed by atoms with Crippen molar-refractivity contribution in [1.82, 2.24) is 0 Å². The van der Waals surface area contributed by atoms with E-state index < -0.39 is 0 Å². The minimum Gasteiger partial charge on any atom is -1.00 e. The molecule has 0 heterocycles. The van der Waals surface area contributed by atoms with Crippen LogP contribution in [-0.4, -0.2) is 49.3 Å². The quantitative estimate of drug-likeness (QED) is 0.413. The molecule has 0 fully saturated rings. The second-order valence-electron chi connectivity index (χ2n) is 1.58. The average Bonchev–Trinajstić information content (AvgIpc) is 1.27. The van der Waals surface area contributed by atoms with Gasteiger partial charge in [-0.15, -0.1) is 0 Å². The van der Waals surface area contributed by atoms with Crippen LogP contribution in [0, 0.1) is 0 Å². The molecule has 0 saturated heterocycles. The van der Waals surface area contributed by atoms with Crippen molar-refractivity contribution < 1.29 is 12.4 Å². The van der Waals surface area contributed by atoms with Crippen molar-refractivity contribution in [2.24, 2.45) is 0 Å². The van der Waals surface area contributed by atoms with Gasteiger partial charge in [0.25, 0.3) is 0 Å². The molecule has 2 nitrogen and oxygen atoms in total. The normalized spacial score (nSPS) is 7.25. The van der Waals surface area contributed by atoms with Crippen LogP contribution in [0.15, 0.2) is 0 Å². The summed E-state index contributed by atoms with van der Waals surface area (Å²) in [7, 11) is 0. The van der Waals surface area contributed by atoms with Gasteiger partial charge in [0.2, 0.25) is 0 Å². The molecule has 0 aliphatic carbocycles. The zero-order chi connectivity index (χ0) is 5.86. The summed E-state index contributed by atoms with van der Waals surface area (Å²) in [4.78, 5) is 20.1. The van der Waals surface area contributed by atoms with E-state index in [1.165, 1.54) is 13.8 Å². The third-order valence-corrected chi connectivity index (χ3v) is 0.498. The Kier molecular flexibility index (Phi) is 8.17. The molecule has 0 aromatic rings. The van der Waals surface area contributed by atoms with Gasteiger partial charge in [-0.25, -0.2) is 0 Å². The Morgan fingerprint density at radius 3 is 1.50 bits per heavy atom. The molecule has 0 atom stereocenters. The summed E-state index contributed by atoms with van der Waals surface area (Å²) >= 11 is 0. The second-order valence-corrected chi connectivity index (χ2v) is 1.58. The van der Waals surface area contributed by atoms with Crippen LogP contribution in [0.4, 0.5) is 0 Å². The molecule has 0 radical (unpaired) electrons. The van der Waals surface area contributed by atoms with Crippen molar-refractivity contribution in [3.05, 3.63) is 0 Å². The van der Waals surface area contributed by atoms with Gasteiger partial charge in [-0.2, -0.15) is 0 Å². The number of carbonyl (C=O) groups is 2. The first-order valence-electron chi connectivity index (χ1n) is 2.12. The molecule has 0 spiro atoms. The number of carbonyl (C=O) groups excluding carboxylic acids is 2. The zero-order valence-electron chi connectivity index (χ0n) is 7.23. The second kappa shape index (κ2) is 5.73. The fourth-order valence-electron chi connectivity index (χ4n) is 0.351. The van der Waals surface area contributed by atoms with Crippen molar-refractivity contribution in [2.45, 2.75) is 20.3 Å². The van der Waals surface area contributed by atoms with Gasteiger partial charge in [0.1, 0.15) is 11.6 Å². The van der Waals surface area contributed by atoms with Crippen molar-refractivity contribution in [2.75, 3.05) is 0 Å². The molecular formula is C5H10CaO2. The van der Waals surface area contributed by atoms with Crippen LogP contribution < -0.4 is 0 Å². The summed E-state index contributed by atoms with van der Waals surface area (Å²) in [5, 5.41) is 0. The number of hydrogen-bond acceptors (Lipinski definition) is 2. The van der Waals surface area contributed by atoms with Crippen molar-refractivity contribution in [3.63, 3.8) is 0 Å². The number of ketones is 2. The number of Topliss-reactive ketones (excluding diaryl/α,β-unsaturated/α-hetero) is 2. The van der Waals surface area contributed by atoms with Crippen LogP contribution in [0.25, 0.3) is 0 Å². The summed E-state index contributed by atoms with van der Waals surface area (Å²) in [5.74, 6) is -0.125. The Balaban J connectivity index is -0.0000000600. The van der Waals surface area contributed by atoms with Crippen molar-refractivity contribution in [1.29, 1.82) is 0 Å². The van der Waals surface area contributed by atoms with E-state index in [2.05, 4.69) is 0 Å². The van der Waals surface area contributed by atoms with Crippen LogP contribution in [0.3, 0.4) is 0 Å². The van der Waals surface area contributed by atoms with E-state index in [-0.39, 0.29) is 58.6 Å². The summed E-state index contributed by atoms with van der Waals surface area (Å²) in [6.45, 7) is 2.81. The zero-order valence-corrected chi connectivity index (χ0v) is 7.44. The molecule has 0 aliphatic rings. The number of rotatable bonds is 2.